The number of rotatable bonds is 8. The Labute approximate surface area is 238 Å². The van der Waals surface area contributed by atoms with Gasteiger partial charge in [0, 0.05) is 43.6 Å². The number of hydrogen-bond donors (Lipinski definition) is 2. The molecule has 0 unspecified atom stereocenters. The van der Waals surface area contributed by atoms with Gasteiger partial charge in [0.25, 0.3) is 0 Å². The Morgan fingerprint density at radius 1 is 1.03 bits per heavy atom. The number of pyridine rings is 1. The molecule has 0 aliphatic carbocycles. The van der Waals surface area contributed by atoms with Gasteiger partial charge >= 0.3 is 41.7 Å². The second-order valence-electron chi connectivity index (χ2n) is 8.94. The number of anilines is 2. The number of unbranched alkanes of at least 4 members (excludes halogenated alkanes) is 1. The maximum Gasteiger partial charge on any atom is 1.00 e. The summed E-state index contributed by atoms with van der Waals surface area (Å²) in [6, 6.07) is 14.0. The van der Waals surface area contributed by atoms with E-state index >= 15 is 0 Å². The molecule has 0 saturated carbocycles. The van der Waals surface area contributed by atoms with E-state index in [4.69, 9.17) is 10.8 Å². The van der Waals surface area contributed by atoms with Gasteiger partial charge in [-0.3, -0.25) is 9.88 Å². The number of aromatic nitrogens is 1. The Hall–Kier alpha value is -2.59. The Kier molecular flexibility index (Phi) is 10.0. The largest absolute Gasteiger partial charge is 1.00 e. The fraction of sp³-hybridized carbons (Fsp3) is 0.333. The molecule has 1 aliphatic rings. The number of benzene rings is 2. The first-order chi connectivity index (χ1) is 17.2. The quantitative estimate of drug-likeness (QED) is 0.349. The van der Waals surface area contributed by atoms with Crippen LogP contribution in [0, 0.1) is 0 Å². The van der Waals surface area contributed by atoms with Gasteiger partial charge in [0.2, 0.25) is 0 Å². The monoisotopic (exact) mass is 522 g/mol. The molecule has 1 fully saturated rings. The van der Waals surface area contributed by atoms with Crippen molar-refractivity contribution >= 4 is 17.3 Å². The normalized spacial score (nSPS) is 14.3. The summed E-state index contributed by atoms with van der Waals surface area (Å²) in [7, 11) is 0. The zero-order valence-electron chi connectivity index (χ0n) is 21.8. The predicted octanol–water partition coefficient (Wildman–Crippen LogP) is 2.31. The molecule has 0 radical (unpaired) electrons. The fourth-order valence-corrected chi connectivity index (χ4v) is 4.50. The summed E-state index contributed by atoms with van der Waals surface area (Å²) in [4.78, 5) is 19.9. The first-order valence-corrected chi connectivity index (χ1v) is 11.9. The molecule has 0 atom stereocenters. The number of hydrogen-bond acceptors (Lipinski definition) is 5. The number of piperazine rings is 1. The smallest absolute Gasteiger partial charge is 1.00 e. The van der Waals surface area contributed by atoms with E-state index < -0.39 is 17.7 Å². The van der Waals surface area contributed by atoms with E-state index in [0.717, 1.165) is 61.8 Å². The van der Waals surface area contributed by atoms with Crippen molar-refractivity contribution in [2.45, 2.75) is 25.4 Å². The van der Waals surface area contributed by atoms with Crippen LogP contribution in [0.25, 0.3) is 11.1 Å². The SMILES string of the molecule is Nc1c(-c2ccc(C(=O)O)cc2)ccnc1CCCCN1CCN(c2cccc(C(F)(F)F)c2)CC1.[H-].[Na+]. The minimum atomic E-state index is -4.33. The zero-order chi connectivity index (χ0) is 25.7. The first-order valence-electron chi connectivity index (χ1n) is 11.9. The maximum absolute atomic E-state index is 13.0. The summed E-state index contributed by atoms with van der Waals surface area (Å²) in [5.41, 5.74) is 9.72. The molecule has 192 valence electrons. The van der Waals surface area contributed by atoms with Crippen molar-refractivity contribution in [1.29, 1.82) is 0 Å². The maximum atomic E-state index is 13.0. The molecule has 0 spiro atoms. The minimum Gasteiger partial charge on any atom is -1.00 e. The summed E-state index contributed by atoms with van der Waals surface area (Å²) in [5, 5.41) is 9.08. The molecule has 3 aromatic rings. The molecule has 2 heterocycles. The molecule has 6 nitrogen and oxygen atoms in total. The molecule has 10 heteroatoms. The predicted molar refractivity (Wildman–Crippen MR) is 135 cm³/mol. The average molecular weight is 523 g/mol. The Bertz CT molecular complexity index is 1200. The number of nitrogens with zero attached hydrogens (tertiary/aromatic N) is 3. The number of alkyl halides is 3. The van der Waals surface area contributed by atoms with Crippen LogP contribution in [0.3, 0.4) is 0 Å². The second-order valence-corrected chi connectivity index (χ2v) is 8.94. The molecular weight excluding hydrogens is 492 g/mol. The average Bonchev–Trinajstić information content (AvgIpc) is 2.87. The van der Waals surface area contributed by atoms with Crippen molar-refractivity contribution < 1.29 is 54.1 Å². The molecule has 2 aromatic carbocycles. The van der Waals surface area contributed by atoms with Crippen LogP contribution in [-0.2, 0) is 12.6 Å². The molecule has 0 bridgehead atoms. The number of halogens is 3. The number of carbonyl (C=O) groups is 1. The van der Waals surface area contributed by atoms with E-state index in [-0.39, 0.29) is 36.5 Å². The minimum absolute atomic E-state index is 0. The Morgan fingerprint density at radius 3 is 2.38 bits per heavy atom. The number of aromatic carboxylic acids is 1. The topological polar surface area (TPSA) is 82.7 Å². The Balaban J connectivity index is 0.00000253. The van der Waals surface area contributed by atoms with Crippen LogP contribution in [0.2, 0.25) is 0 Å². The third-order valence-corrected chi connectivity index (χ3v) is 6.56. The van der Waals surface area contributed by atoms with Crippen LogP contribution in [0.5, 0.6) is 0 Å². The second kappa shape index (κ2) is 12.8. The number of aryl methyl sites for hydroxylation is 1. The first kappa shape index (κ1) is 29.0. The van der Waals surface area contributed by atoms with Gasteiger partial charge in [-0.15, -0.1) is 0 Å². The van der Waals surface area contributed by atoms with E-state index in [9.17, 15) is 18.0 Å². The van der Waals surface area contributed by atoms with Crippen LogP contribution in [-0.4, -0.2) is 53.7 Å². The summed E-state index contributed by atoms with van der Waals surface area (Å²) in [6.45, 7) is 3.90. The van der Waals surface area contributed by atoms with Crippen LogP contribution >= 0.6 is 0 Å². The number of nitrogen functional groups attached to an aromatic ring is 1. The summed E-state index contributed by atoms with van der Waals surface area (Å²) >= 11 is 0. The summed E-state index contributed by atoms with van der Waals surface area (Å²) < 4.78 is 39.0. The summed E-state index contributed by atoms with van der Waals surface area (Å²) in [6.07, 6.45) is -0.00847. The van der Waals surface area contributed by atoms with Gasteiger partial charge < -0.3 is 17.2 Å². The zero-order valence-corrected chi connectivity index (χ0v) is 22.8. The van der Waals surface area contributed by atoms with Gasteiger partial charge in [0.1, 0.15) is 0 Å². The van der Waals surface area contributed by atoms with Gasteiger partial charge in [-0.25, -0.2) is 4.79 Å². The van der Waals surface area contributed by atoms with Crippen LogP contribution < -0.4 is 40.2 Å². The van der Waals surface area contributed by atoms with Gasteiger partial charge in [0.15, 0.2) is 0 Å². The van der Waals surface area contributed by atoms with Crippen molar-refractivity contribution in [3.63, 3.8) is 0 Å². The number of carboxylic acid groups (broad SMARTS) is 1. The van der Waals surface area contributed by atoms with E-state index in [1.54, 1.807) is 36.5 Å². The molecule has 1 aliphatic heterocycles. The van der Waals surface area contributed by atoms with E-state index in [2.05, 4.69) is 9.88 Å². The van der Waals surface area contributed by atoms with Gasteiger partial charge in [0.05, 0.1) is 22.5 Å². The molecule has 37 heavy (non-hydrogen) atoms. The number of carboxylic acids is 1. The van der Waals surface area contributed by atoms with Crippen molar-refractivity contribution in [3.05, 3.63) is 77.6 Å². The van der Waals surface area contributed by atoms with Crippen molar-refractivity contribution in [2.75, 3.05) is 43.4 Å². The van der Waals surface area contributed by atoms with E-state index in [1.165, 1.54) is 12.1 Å². The molecule has 4 rings (SSSR count). The van der Waals surface area contributed by atoms with Gasteiger partial charge in [-0.05, 0) is 67.8 Å². The van der Waals surface area contributed by atoms with Crippen LogP contribution in [0.4, 0.5) is 24.5 Å². The van der Waals surface area contributed by atoms with E-state index in [0.29, 0.717) is 24.5 Å². The molecule has 1 aromatic heterocycles. The fourth-order valence-electron chi connectivity index (χ4n) is 4.50. The molecular formula is C27H30F3N4NaO2. The number of nitrogens with two attached hydrogens (primary N) is 1. The Morgan fingerprint density at radius 2 is 1.73 bits per heavy atom. The van der Waals surface area contributed by atoms with Crippen LogP contribution in [0.15, 0.2) is 60.8 Å². The van der Waals surface area contributed by atoms with Crippen LogP contribution in [0.1, 0.15) is 35.9 Å². The standard InChI is InChI=1S/C27H29F3N4O2.Na.H/c28-27(29,30)21-4-3-5-22(18-21)34-16-14-33(15-17-34)13-2-1-6-24-25(31)23(11-12-32-24)19-7-9-20(10-8-19)26(35)36;;/h3-5,7-12,18H,1-2,6,13-17,31H2,(H,35,36);;/q;+1;-1. The van der Waals surface area contributed by atoms with Crippen molar-refractivity contribution in [3.8, 4) is 11.1 Å². The van der Waals surface area contributed by atoms with Crippen molar-refractivity contribution in [1.82, 2.24) is 9.88 Å². The van der Waals surface area contributed by atoms with Crippen molar-refractivity contribution in [2.24, 2.45) is 0 Å². The van der Waals surface area contributed by atoms with Gasteiger partial charge in [-0.2, -0.15) is 13.2 Å². The molecule has 1 saturated heterocycles. The summed E-state index contributed by atoms with van der Waals surface area (Å²) in [5.74, 6) is -0.970. The third-order valence-electron chi connectivity index (χ3n) is 6.56. The molecule has 3 N–H and O–H groups in total. The van der Waals surface area contributed by atoms with E-state index in [1.807, 2.05) is 11.0 Å². The van der Waals surface area contributed by atoms with Gasteiger partial charge in [-0.1, -0.05) is 18.2 Å². The molecule has 0 amide bonds. The third kappa shape index (κ3) is 7.47.